The summed E-state index contributed by atoms with van der Waals surface area (Å²) in [6.07, 6.45) is 3.23. The number of nitrogens with zero attached hydrogens (tertiary/aromatic N) is 2. The maximum atomic E-state index is 13.0. The number of carbonyl (C=O) groups is 1. The van der Waals surface area contributed by atoms with Crippen molar-refractivity contribution in [2.45, 2.75) is 36.6 Å². The average Bonchev–Trinajstić information content (AvgIpc) is 2.69. The predicted octanol–water partition coefficient (Wildman–Crippen LogP) is 1.96. The first-order valence-corrected chi connectivity index (χ1v) is 11.5. The molecule has 9 heteroatoms. The molecule has 0 spiro atoms. The van der Waals surface area contributed by atoms with Gasteiger partial charge in [-0.05, 0) is 64.0 Å². The lowest BCUT2D eigenvalue weighted by Gasteiger charge is -2.34. The highest BCUT2D eigenvalue weighted by molar-refractivity contribution is 7.89. The lowest BCUT2D eigenvalue weighted by Crippen LogP contribution is -2.49. The van der Waals surface area contributed by atoms with Gasteiger partial charge in [-0.1, -0.05) is 11.6 Å². The lowest BCUT2D eigenvalue weighted by molar-refractivity contribution is -0.127. The molecule has 2 fully saturated rings. The van der Waals surface area contributed by atoms with Crippen LogP contribution in [-0.2, 0) is 14.8 Å². The number of ether oxygens (including phenoxy) is 1. The number of hydrogen-bond donors (Lipinski definition) is 1. The van der Waals surface area contributed by atoms with Gasteiger partial charge in [0.15, 0.2) is 0 Å². The van der Waals surface area contributed by atoms with E-state index < -0.39 is 10.0 Å². The molecule has 0 radical (unpaired) electrons. The van der Waals surface area contributed by atoms with E-state index in [0.29, 0.717) is 25.1 Å². The minimum Gasteiger partial charge on any atom is -0.495 e. The monoisotopic (exact) mass is 429 g/mol. The maximum Gasteiger partial charge on any atom is 0.243 e. The second kappa shape index (κ2) is 8.98. The van der Waals surface area contributed by atoms with Crippen LogP contribution in [0.5, 0.6) is 5.75 Å². The van der Waals surface area contributed by atoms with Crippen LogP contribution in [0, 0.1) is 5.92 Å². The van der Waals surface area contributed by atoms with Crippen LogP contribution in [0.15, 0.2) is 23.1 Å². The molecule has 1 amide bonds. The molecule has 2 aliphatic heterocycles. The Morgan fingerprint density at radius 3 is 2.57 bits per heavy atom. The average molecular weight is 430 g/mol. The van der Waals surface area contributed by atoms with Gasteiger partial charge in [0.05, 0.1) is 22.9 Å². The fourth-order valence-corrected chi connectivity index (χ4v) is 5.68. The molecule has 0 aromatic heterocycles. The topological polar surface area (TPSA) is 79.0 Å². The van der Waals surface area contributed by atoms with Crippen LogP contribution in [0.3, 0.4) is 0 Å². The highest BCUT2D eigenvalue weighted by Crippen LogP contribution is 2.30. The quantitative estimate of drug-likeness (QED) is 0.774. The maximum absolute atomic E-state index is 13.0. The molecule has 0 unspecified atom stereocenters. The van der Waals surface area contributed by atoms with Crippen molar-refractivity contribution in [2.75, 3.05) is 40.3 Å². The van der Waals surface area contributed by atoms with E-state index in [2.05, 4.69) is 17.3 Å². The van der Waals surface area contributed by atoms with Crippen molar-refractivity contribution in [2.24, 2.45) is 5.92 Å². The molecule has 0 saturated carbocycles. The molecule has 2 aliphatic rings. The second-order valence-electron chi connectivity index (χ2n) is 7.58. The summed E-state index contributed by atoms with van der Waals surface area (Å²) < 4.78 is 32.5. The Labute approximate surface area is 172 Å². The largest absolute Gasteiger partial charge is 0.495 e. The highest BCUT2D eigenvalue weighted by Gasteiger charge is 2.34. The summed E-state index contributed by atoms with van der Waals surface area (Å²) in [5.74, 6) is 0.0637. The number of hydrogen-bond acceptors (Lipinski definition) is 5. The fourth-order valence-electron chi connectivity index (χ4n) is 3.80. The first kappa shape index (κ1) is 21.4. The van der Waals surface area contributed by atoms with E-state index in [-0.39, 0.29) is 34.3 Å². The van der Waals surface area contributed by atoms with Crippen LogP contribution >= 0.6 is 11.6 Å². The Morgan fingerprint density at radius 1 is 1.21 bits per heavy atom. The Morgan fingerprint density at radius 2 is 1.93 bits per heavy atom. The van der Waals surface area contributed by atoms with Gasteiger partial charge >= 0.3 is 0 Å². The highest BCUT2D eigenvalue weighted by atomic mass is 35.5. The van der Waals surface area contributed by atoms with Crippen molar-refractivity contribution >= 4 is 27.5 Å². The minimum absolute atomic E-state index is 0.0396. The van der Waals surface area contributed by atoms with Gasteiger partial charge in [0, 0.05) is 19.1 Å². The number of carbonyl (C=O) groups excluding carboxylic acids is 1. The number of halogens is 1. The van der Waals surface area contributed by atoms with Gasteiger partial charge in [-0.3, -0.25) is 4.79 Å². The minimum atomic E-state index is -3.71. The number of piperidine rings is 2. The Bertz CT molecular complexity index is 809. The van der Waals surface area contributed by atoms with Gasteiger partial charge in [0.25, 0.3) is 0 Å². The van der Waals surface area contributed by atoms with Gasteiger partial charge in [-0.2, -0.15) is 4.31 Å². The van der Waals surface area contributed by atoms with Crippen molar-refractivity contribution in [3.63, 3.8) is 0 Å². The molecule has 1 aromatic rings. The van der Waals surface area contributed by atoms with E-state index >= 15 is 0 Å². The summed E-state index contributed by atoms with van der Waals surface area (Å²) in [5, 5.41) is 3.37. The predicted molar refractivity (Wildman–Crippen MR) is 108 cm³/mol. The van der Waals surface area contributed by atoms with Gasteiger partial charge in [-0.15, -0.1) is 0 Å². The molecule has 0 bridgehead atoms. The third-order valence-corrected chi connectivity index (χ3v) is 7.74. The molecule has 2 saturated heterocycles. The molecule has 2 heterocycles. The number of benzene rings is 1. The molecule has 1 N–H and O–H groups in total. The Kier molecular flexibility index (Phi) is 6.85. The first-order chi connectivity index (χ1) is 13.3. The molecular weight excluding hydrogens is 402 g/mol. The molecule has 28 heavy (non-hydrogen) atoms. The van der Waals surface area contributed by atoms with Gasteiger partial charge in [0.1, 0.15) is 5.75 Å². The Balaban J connectivity index is 1.66. The van der Waals surface area contributed by atoms with Crippen LogP contribution in [0.2, 0.25) is 5.02 Å². The summed E-state index contributed by atoms with van der Waals surface area (Å²) >= 11 is 6.10. The summed E-state index contributed by atoms with van der Waals surface area (Å²) in [6.45, 7) is 2.54. The molecular formula is C19H28ClN3O4S. The fraction of sp³-hybridized carbons (Fsp3) is 0.632. The summed E-state index contributed by atoms with van der Waals surface area (Å²) in [7, 11) is -0.153. The van der Waals surface area contributed by atoms with Gasteiger partial charge in [0.2, 0.25) is 15.9 Å². The number of rotatable bonds is 5. The molecule has 3 rings (SSSR count). The van der Waals surface area contributed by atoms with Crippen molar-refractivity contribution in [1.82, 2.24) is 14.5 Å². The third kappa shape index (κ3) is 4.79. The van der Waals surface area contributed by atoms with Crippen LogP contribution < -0.4 is 10.1 Å². The zero-order valence-corrected chi connectivity index (χ0v) is 17.9. The van der Waals surface area contributed by atoms with E-state index in [9.17, 15) is 13.2 Å². The lowest BCUT2D eigenvalue weighted by atomic mass is 9.97. The van der Waals surface area contributed by atoms with E-state index in [1.807, 2.05) is 0 Å². The van der Waals surface area contributed by atoms with Crippen molar-refractivity contribution in [1.29, 1.82) is 0 Å². The Hall–Kier alpha value is -1.35. The molecule has 1 aromatic carbocycles. The summed E-state index contributed by atoms with van der Waals surface area (Å²) in [4.78, 5) is 15.1. The van der Waals surface area contributed by atoms with Crippen molar-refractivity contribution < 1.29 is 17.9 Å². The zero-order valence-electron chi connectivity index (χ0n) is 16.4. The number of likely N-dealkylation sites (tertiary alicyclic amines) is 1. The van der Waals surface area contributed by atoms with Crippen molar-refractivity contribution in [3.05, 3.63) is 23.2 Å². The SMILES string of the molecule is COc1ccc(S(=O)(=O)N2CCC[C@@H](C(=O)NC3CCN(C)CC3)C2)cc1Cl. The molecule has 1 atom stereocenters. The van der Waals surface area contributed by atoms with Crippen LogP contribution in [0.4, 0.5) is 0 Å². The van der Waals surface area contributed by atoms with Gasteiger partial charge < -0.3 is 15.0 Å². The zero-order chi connectivity index (χ0) is 20.3. The summed E-state index contributed by atoms with van der Waals surface area (Å²) in [5.41, 5.74) is 0. The standard InChI is InChI=1S/C19H28ClN3O4S/c1-22-10-7-15(8-11-22)21-19(24)14-4-3-9-23(13-14)28(25,26)16-5-6-18(27-2)17(20)12-16/h5-6,12,14-15H,3-4,7-11,13H2,1-2H3,(H,21,24)/t14-/m1/s1. The van der Waals surface area contributed by atoms with E-state index in [1.54, 1.807) is 6.07 Å². The van der Waals surface area contributed by atoms with Crippen molar-refractivity contribution in [3.8, 4) is 5.75 Å². The van der Waals surface area contributed by atoms with Crippen LogP contribution in [0.1, 0.15) is 25.7 Å². The number of methoxy groups -OCH3 is 1. The van der Waals surface area contributed by atoms with Gasteiger partial charge in [-0.25, -0.2) is 8.42 Å². The molecule has 156 valence electrons. The van der Waals surface area contributed by atoms with Crippen LogP contribution in [0.25, 0.3) is 0 Å². The normalized spacial score (nSPS) is 22.8. The van der Waals surface area contributed by atoms with E-state index in [4.69, 9.17) is 16.3 Å². The molecule has 7 nitrogen and oxygen atoms in total. The number of amides is 1. The van der Waals surface area contributed by atoms with Crippen LogP contribution in [-0.4, -0.2) is 69.9 Å². The van der Waals surface area contributed by atoms with E-state index in [0.717, 1.165) is 25.9 Å². The summed E-state index contributed by atoms with van der Waals surface area (Å²) in [6, 6.07) is 4.61. The van der Waals surface area contributed by atoms with E-state index in [1.165, 1.54) is 23.5 Å². The third-order valence-electron chi connectivity index (χ3n) is 5.58. The number of sulfonamides is 1. The molecule has 0 aliphatic carbocycles. The number of nitrogens with one attached hydrogen (secondary N) is 1. The smallest absolute Gasteiger partial charge is 0.243 e. The second-order valence-corrected chi connectivity index (χ2v) is 9.93. The first-order valence-electron chi connectivity index (χ1n) is 9.64.